The Morgan fingerprint density at radius 1 is 1.08 bits per heavy atom. The first kappa shape index (κ1) is 26.7. The molecule has 1 heterocycles. The number of hydrogen-bond acceptors (Lipinski definition) is 8. The van der Waals surface area contributed by atoms with Crippen LogP contribution in [0, 0.1) is 10.1 Å². The van der Waals surface area contributed by atoms with Gasteiger partial charge >= 0.3 is 21.8 Å². The van der Waals surface area contributed by atoms with Crippen molar-refractivity contribution in [1.29, 1.82) is 0 Å². The second-order valence-corrected chi connectivity index (χ2v) is 8.94. The van der Waals surface area contributed by atoms with Gasteiger partial charge < -0.3 is 9.50 Å². The molecule has 36 heavy (non-hydrogen) atoms. The summed E-state index contributed by atoms with van der Waals surface area (Å²) < 4.78 is 105. The summed E-state index contributed by atoms with van der Waals surface area (Å²) >= 11 is 0. The number of fused-ring (bicyclic) bond motifs is 1. The lowest BCUT2D eigenvalue weighted by atomic mass is 10.0. The number of halogens is 6. The fourth-order valence-electron chi connectivity index (χ4n) is 3.10. The van der Waals surface area contributed by atoms with E-state index >= 15 is 0 Å². The van der Waals surface area contributed by atoms with E-state index in [0.29, 0.717) is 12.1 Å². The molecule has 1 N–H and O–H groups in total. The van der Waals surface area contributed by atoms with Crippen molar-refractivity contribution in [2.45, 2.75) is 24.7 Å². The number of nitro groups is 1. The highest BCUT2D eigenvalue weighted by Gasteiger charge is 2.48. The maximum Gasteiger partial charge on any atom is 0.534 e. The third-order valence-electron chi connectivity index (χ3n) is 4.84. The summed E-state index contributed by atoms with van der Waals surface area (Å²) in [5, 5.41) is 17.3. The molecule has 1 atom stereocenters. The molecule has 0 amide bonds. The Morgan fingerprint density at radius 3 is 2.28 bits per heavy atom. The Labute approximate surface area is 197 Å². The first-order chi connectivity index (χ1) is 16.4. The second kappa shape index (κ2) is 8.96. The Morgan fingerprint density at radius 2 is 1.72 bits per heavy atom. The third kappa shape index (κ3) is 5.34. The topological polar surface area (TPSA) is 133 Å². The van der Waals surface area contributed by atoms with E-state index in [2.05, 4.69) is 14.6 Å². The average molecular weight is 540 g/mol. The van der Waals surface area contributed by atoms with Gasteiger partial charge in [0, 0.05) is 24.6 Å². The van der Waals surface area contributed by atoms with Crippen molar-refractivity contribution in [3.63, 3.8) is 0 Å². The fraction of sp³-hybridized carbons (Fsp3) is 0.263. The van der Waals surface area contributed by atoms with E-state index < -0.39 is 55.3 Å². The van der Waals surface area contributed by atoms with Gasteiger partial charge in [0.15, 0.2) is 5.82 Å². The summed E-state index contributed by atoms with van der Waals surface area (Å²) in [6, 6.07) is 3.32. The quantitative estimate of drug-likeness (QED) is 0.161. The van der Waals surface area contributed by atoms with Gasteiger partial charge in [-0.3, -0.25) is 14.9 Å². The molecular weight excluding hydrogens is 526 g/mol. The molecule has 3 rings (SSSR count). The molecule has 17 heteroatoms. The standard InChI is InChI=1S/C19H14F6N4O6S/c1-9(10-5-11(18(20,21)22)7-12(6-10)29(31)32)26-16-15-8-13(35-36(33,34)19(23,24)25)3-4-14(15)17(30)28(2)27-16/h3-9H,1-2H3,(H,26,27). The van der Waals surface area contributed by atoms with Crippen molar-refractivity contribution in [3.05, 3.63) is 68.0 Å². The van der Waals surface area contributed by atoms with Crippen LogP contribution in [0.5, 0.6) is 5.75 Å². The van der Waals surface area contributed by atoms with E-state index in [1.54, 1.807) is 0 Å². The maximum absolute atomic E-state index is 13.2. The lowest BCUT2D eigenvalue weighted by Gasteiger charge is -2.19. The predicted octanol–water partition coefficient (Wildman–Crippen LogP) is 4.26. The predicted molar refractivity (Wildman–Crippen MR) is 113 cm³/mol. The van der Waals surface area contributed by atoms with E-state index in [9.17, 15) is 49.7 Å². The van der Waals surface area contributed by atoms with Gasteiger partial charge in [0.25, 0.3) is 11.2 Å². The SMILES string of the molecule is CC(Nc1nn(C)c(=O)c2ccc(OS(=O)(=O)C(F)(F)F)cc12)c1cc([N+](=O)[O-])cc(C(F)(F)F)c1. The normalized spacial score (nSPS) is 13.4. The summed E-state index contributed by atoms with van der Waals surface area (Å²) in [6.45, 7) is 1.31. The van der Waals surface area contributed by atoms with Crippen LogP contribution < -0.4 is 15.1 Å². The highest BCUT2D eigenvalue weighted by atomic mass is 32.2. The summed E-state index contributed by atoms with van der Waals surface area (Å²) in [6.07, 6.45) is -4.90. The Balaban J connectivity index is 2.11. The average Bonchev–Trinajstić information content (AvgIpc) is 2.75. The zero-order chi connectivity index (χ0) is 27.2. The number of nitrogens with one attached hydrogen (secondary N) is 1. The minimum absolute atomic E-state index is 0.144. The van der Waals surface area contributed by atoms with Crippen molar-refractivity contribution < 1.29 is 43.9 Å². The van der Waals surface area contributed by atoms with E-state index in [1.807, 2.05) is 0 Å². The number of hydrogen-bond donors (Lipinski definition) is 1. The number of benzene rings is 2. The van der Waals surface area contributed by atoms with Crippen LogP contribution in [0.15, 0.2) is 41.2 Å². The van der Waals surface area contributed by atoms with Crippen LogP contribution in [0.2, 0.25) is 0 Å². The van der Waals surface area contributed by atoms with Gasteiger partial charge in [-0.2, -0.15) is 39.9 Å². The Hall–Kier alpha value is -3.89. The zero-order valence-corrected chi connectivity index (χ0v) is 18.8. The van der Waals surface area contributed by atoms with Gasteiger partial charge in [-0.1, -0.05) is 0 Å². The van der Waals surface area contributed by atoms with Crippen LogP contribution in [-0.4, -0.2) is 28.6 Å². The van der Waals surface area contributed by atoms with Crippen molar-refractivity contribution in [2.24, 2.45) is 7.05 Å². The Kier molecular flexibility index (Phi) is 6.65. The molecule has 0 aliphatic carbocycles. The number of alkyl halides is 6. The summed E-state index contributed by atoms with van der Waals surface area (Å²) in [7, 11) is -4.83. The molecule has 194 valence electrons. The number of nitrogens with zero attached hydrogens (tertiary/aromatic N) is 3. The smallest absolute Gasteiger partial charge is 0.376 e. The van der Waals surface area contributed by atoms with Gasteiger partial charge in [-0.25, -0.2) is 4.68 Å². The van der Waals surface area contributed by atoms with Crippen LogP contribution in [0.1, 0.15) is 24.1 Å². The van der Waals surface area contributed by atoms with Crippen molar-refractivity contribution in [3.8, 4) is 5.75 Å². The molecule has 0 saturated heterocycles. The fourth-order valence-corrected chi connectivity index (χ4v) is 3.56. The molecule has 10 nitrogen and oxygen atoms in total. The third-order valence-corrected chi connectivity index (χ3v) is 5.82. The number of anilines is 1. The minimum Gasteiger partial charge on any atom is -0.376 e. The van der Waals surface area contributed by atoms with Gasteiger partial charge in [-0.05, 0) is 36.8 Å². The van der Waals surface area contributed by atoms with Gasteiger partial charge in [0.05, 0.1) is 21.9 Å². The number of aryl methyl sites for hydroxylation is 1. The lowest BCUT2D eigenvalue weighted by molar-refractivity contribution is -0.385. The molecule has 0 fully saturated rings. The molecule has 0 radical (unpaired) electrons. The molecule has 1 aromatic heterocycles. The van der Waals surface area contributed by atoms with Crippen molar-refractivity contribution in [1.82, 2.24) is 9.78 Å². The highest BCUT2D eigenvalue weighted by molar-refractivity contribution is 7.88. The zero-order valence-electron chi connectivity index (χ0n) is 18.0. The number of nitro benzene ring substituents is 1. The molecule has 0 aliphatic heterocycles. The first-order valence-electron chi connectivity index (χ1n) is 9.55. The van der Waals surface area contributed by atoms with Gasteiger partial charge in [0.2, 0.25) is 0 Å². The number of aromatic nitrogens is 2. The van der Waals surface area contributed by atoms with Crippen LogP contribution >= 0.6 is 0 Å². The van der Waals surface area contributed by atoms with Gasteiger partial charge in [-0.15, -0.1) is 0 Å². The molecule has 1 unspecified atom stereocenters. The van der Waals surface area contributed by atoms with Crippen molar-refractivity contribution >= 4 is 32.4 Å². The van der Waals surface area contributed by atoms with Crippen LogP contribution in [0.4, 0.5) is 37.8 Å². The largest absolute Gasteiger partial charge is 0.534 e. The van der Waals surface area contributed by atoms with Crippen LogP contribution in [-0.2, 0) is 23.3 Å². The van der Waals surface area contributed by atoms with E-state index in [-0.39, 0.29) is 22.2 Å². The maximum atomic E-state index is 13.2. The molecule has 0 bridgehead atoms. The first-order valence-corrected chi connectivity index (χ1v) is 11.0. The van der Waals surface area contributed by atoms with E-state index in [1.165, 1.54) is 14.0 Å². The monoisotopic (exact) mass is 540 g/mol. The molecule has 2 aromatic carbocycles. The molecular formula is C19H14F6N4O6S. The van der Waals surface area contributed by atoms with Gasteiger partial charge in [0.1, 0.15) is 5.75 Å². The van der Waals surface area contributed by atoms with Crippen LogP contribution in [0.25, 0.3) is 10.8 Å². The molecule has 3 aromatic rings. The van der Waals surface area contributed by atoms with E-state index in [4.69, 9.17) is 0 Å². The lowest BCUT2D eigenvalue weighted by Crippen LogP contribution is -2.28. The number of rotatable bonds is 6. The van der Waals surface area contributed by atoms with Crippen LogP contribution in [0.3, 0.4) is 0 Å². The molecule has 0 saturated carbocycles. The highest BCUT2D eigenvalue weighted by Crippen LogP contribution is 2.35. The van der Waals surface area contributed by atoms with Crippen molar-refractivity contribution in [2.75, 3.05) is 5.32 Å². The molecule has 0 spiro atoms. The summed E-state index contributed by atoms with van der Waals surface area (Å²) in [4.78, 5) is 22.5. The summed E-state index contributed by atoms with van der Waals surface area (Å²) in [5.74, 6) is -1.07. The second-order valence-electron chi connectivity index (χ2n) is 7.40. The minimum atomic E-state index is -6.04. The molecule has 0 aliphatic rings. The number of non-ortho nitro benzene ring substituents is 1. The Bertz CT molecular complexity index is 1520. The van der Waals surface area contributed by atoms with E-state index in [0.717, 1.165) is 28.9 Å². The summed E-state index contributed by atoms with van der Waals surface area (Å²) in [5.41, 5.74) is -8.82.